The lowest BCUT2D eigenvalue weighted by molar-refractivity contribution is 0.0697. The van der Waals surface area contributed by atoms with Crippen molar-refractivity contribution in [2.45, 2.75) is 11.0 Å². The second-order valence-electron chi connectivity index (χ2n) is 3.64. The molecule has 1 atom stereocenters. The Labute approximate surface area is 114 Å². The number of carbonyl (C=O) groups is 1. The van der Waals surface area contributed by atoms with Crippen LogP contribution in [0.15, 0.2) is 23.1 Å². The highest BCUT2D eigenvalue weighted by Crippen LogP contribution is 2.20. The number of aromatic carboxylic acids is 1. The first-order chi connectivity index (χ1) is 8.77. The van der Waals surface area contributed by atoms with Gasteiger partial charge in [-0.05, 0) is 18.2 Å². The van der Waals surface area contributed by atoms with Gasteiger partial charge in [0.05, 0.1) is 28.2 Å². The number of aliphatic hydroxyl groups is 2. The molecular formula is C10H12ClNO6S. The van der Waals surface area contributed by atoms with Crippen molar-refractivity contribution < 1.29 is 28.5 Å². The number of benzene rings is 1. The summed E-state index contributed by atoms with van der Waals surface area (Å²) < 4.78 is 25.6. The number of sulfonamides is 1. The highest BCUT2D eigenvalue weighted by Gasteiger charge is 2.18. The van der Waals surface area contributed by atoms with Gasteiger partial charge in [0.25, 0.3) is 0 Å². The standard InChI is InChI=1S/C10H12ClNO6S/c11-9-3-7(1-2-8(9)10(15)16)19(17,18)12-4-6(14)5-13/h1-3,6,12-14H,4-5H2,(H,15,16). The minimum absolute atomic E-state index is 0.210. The summed E-state index contributed by atoms with van der Waals surface area (Å²) in [5.74, 6) is -1.27. The normalized spacial score (nSPS) is 13.2. The van der Waals surface area contributed by atoms with Crippen molar-refractivity contribution in [3.05, 3.63) is 28.8 Å². The second-order valence-corrected chi connectivity index (χ2v) is 5.81. The van der Waals surface area contributed by atoms with Crippen molar-refractivity contribution in [2.75, 3.05) is 13.2 Å². The van der Waals surface area contributed by atoms with E-state index in [1.807, 2.05) is 0 Å². The zero-order valence-electron chi connectivity index (χ0n) is 9.58. The molecule has 0 saturated carbocycles. The predicted molar refractivity (Wildman–Crippen MR) is 66.7 cm³/mol. The average Bonchev–Trinajstić information content (AvgIpc) is 2.35. The zero-order valence-corrected chi connectivity index (χ0v) is 11.1. The van der Waals surface area contributed by atoms with Gasteiger partial charge in [-0.25, -0.2) is 17.9 Å². The topological polar surface area (TPSA) is 124 Å². The van der Waals surface area contributed by atoms with Gasteiger partial charge in [0, 0.05) is 6.54 Å². The van der Waals surface area contributed by atoms with E-state index in [-0.39, 0.29) is 22.0 Å². The van der Waals surface area contributed by atoms with Crippen molar-refractivity contribution in [3.63, 3.8) is 0 Å². The Morgan fingerprint density at radius 1 is 1.42 bits per heavy atom. The highest BCUT2D eigenvalue weighted by molar-refractivity contribution is 7.89. The number of rotatable bonds is 6. The van der Waals surface area contributed by atoms with Gasteiger partial charge in [-0.3, -0.25) is 0 Å². The van der Waals surface area contributed by atoms with Gasteiger partial charge in [0.2, 0.25) is 10.0 Å². The molecule has 1 aromatic rings. The second kappa shape index (κ2) is 6.31. The summed E-state index contributed by atoms with van der Waals surface area (Å²) in [6, 6.07) is 3.16. The fraction of sp³-hybridized carbons (Fsp3) is 0.300. The summed E-state index contributed by atoms with van der Waals surface area (Å²) in [5.41, 5.74) is -0.212. The van der Waals surface area contributed by atoms with Gasteiger partial charge in [-0.1, -0.05) is 11.6 Å². The van der Waals surface area contributed by atoms with E-state index in [4.69, 9.17) is 26.9 Å². The van der Waals surface area contributed by atoms with Crippen LogP contribution in [0.25, 0.3) is 0 Å². The van der Waals surface area contributed by atoms with E-state index in [0.717, 1.165) is 18.2 Å². The third kappa shape index (κ3) is 4.15. The number of carboxylic acid groups (broad SMARTS) is 1. The van der Waals surface area contributed by atoms with Crippen LogP contribution >= 0.6 is 11.6 Å². The monoisotopic (exact) mass is 309 g/mol. The van der Waals surface area contributed by atoms with Gasteiger partial charge in [0.15, 0.2) is 0 Å². The number of nitrogens with one attached hydrogen (secondary N) is 1. The van der Waals surface area contributed by atoms with Crippen molar-refractivity contribution in [2.24, 2.45) is 0 Å². The lowest BCUT2D eigenvalue weighted by atomic mass is 10.2. The van der Waals surface area contributed by atoms with Gasteiger partial charge in [-0.2, -0.15) is 0 Å². The molecule has 4 N–H and O–H groups in total. The van der Waals surface area contributed by atoms with E-state index in [0.29, 0.717) is 0 Å². The third-order valence-electron chi connectivity index (χ3n) is 2.20. The van der Waals surface area contributed by atoms with Crippen molar-refractivity contribution in [1.29, 1.82) is 0 Å². The maximum Gasteiger partial charge on any atom is 0.337 e. The quantitative estimate of drug-likeness (QED) is 0.570. The SMILES string of the molecule is O=C(O)c1ccc(S(=O)(=O)NCC(O)CO)cc1Cl. The summed E-state index contributed by atoms with van der Waals surface area (Å²) >= 11 is 5.66. The van der Waals surface area contributed by atoms with Crippen LogP contribution in [0, 0.1) is 0 Å². The highest BCUT2D eigenvalue weighted by atomic mass is 35.5. The summed E-state index contributed by atoms with van der Waals surface area (Å²) in [6.45, 7) is -0.946. The Balaban J connectivity index is 2.96. The Hall–Kier alpha value is -1.19. The Bertz CT molecular complexity index is 573. The Morgan fingerprint density at radius 3 is 2.53 bits per heavy atom. The van der Waals surface area contributed by atoms with Gasteiger partial charge < -0.3 is 15.3 Å². The summed E-state index contributed by atoms with van der Waals surface area (Å²) in [7, 11) is -3.93. The zero-order chi connectivity index (χ0) is 14.6. The minimum atomic E-state index is -3.93. The average molecular weight is 310 g/mol. The van der Waals surface area contributed by atoms with Crippen molar-refractivity contribution >= 4 is 27.6 Å². The van der Waals surface area contributed by atoms with Crippen LogP contribution in [0.4, 0.5) is 0 Å². The van der Waals surface area contributed by atoms with Crippen LogP contribution in [0.1, 0.15) is 10.4 Å². The molecule has 7 nitrogen and oxygen atoms in total. The molecule has 0 aromatic heterocycles. The molecule has 9 heteroatoms. The van der Waals surface area contributed by atoms with Crippen LogP contribution in [0.5, 0.6) is 0 Å². The number of hydrogen-bond donors (Lipinski definition) is 4. The molecule has 106 valence electrons. The molecule has 1 rings (SSSR count). The largest absolute Gasteiger partial charge is 0.478 e. The third-order valence-corrected chi connectivity index (χ3v) is 3.93. The molecule has 0 radical (unpaired) electrons. The molecule has 0 saturated heterocycles. The van der Waals surface area contributed by atoms with Gasteiger partial charge in [0.1, 0.15) is 0 Å². The number of carboxylic acids is 1. The van der Waals surface area contributed by atoms with Crippen molar-refractivity contribution in [1.82, 2.24) is 4.72 Å². The van der Waals surface area contributed by atoms with Gasteiger partial charge >= 0.3 is 5.97 Å². The van der Waals surface area contributed by atoms with E-state index in [9.17, 15) is 13.2 Å². The van der Waals surface area contributed by atoms with Gasteiger partial charge in [-0.15, -0.1) is 0 Å². The van der Waals surface area contributed by atoms with Crippen LogP contribution < -0.4 is 4.72 Å². The van der Waals surface area contributed by atoms with E-state index in [1.54, 1.807) is 0 Å². The lowest BCUT2D eigenvalue weighted by Crippen LogP contribution is -2.33. The smallest absolute Gasteiger partial charge is 0.337 e. The molecule has 1 unspecified atom stereocenters. The first-order valence-corrected chi connectivity index (χ1v) is 6.95. The van der Waals surface area contributed by atoms with E-state index < -0.39 is 28.7 Å². The Kier molecular flexibility index (Phi) is 5.27. The number of aliphatic hydroxyl groups excluding tert-OH is 2. The summed E-state index contributed by atoms with van der Waals surface area (Å²) in [5, 5.41) is 26.2. The molecule has 0 fully saturated rings. The fourth-order valence-electron chi connectivity index (χ4n) is 1.19. The molecule has 0 aliphatic heterocycles. The van der Waals surface area contributed by atoms with Crippen LogP contribution in [0.2, 0.25) is 5.02 Å². The molecule has 19 heavy (non-hydrogen) atoms. The van der Waals surface area contributed by atoms with Crippen LogP contribution in [-0.4, -0.2) is 49.0 Å². The molecule has 0 amide bonds. The molecule has 0 aliphatic rings. The minimum Gasteiger partial charge on any atom is -0.478 e. The predicted octanol–water partition coefficient (Wildman–Crippen LogP) is -0.330. The van der Waals surface area contributed by atoms with Crippen LogP contribution in [-0.2, 0) is 10.0 Å². The molecular weight excluding hydrogens is 298 g/mol. The van der Waals surface area contributed by atoms with E-state index >= 15 is 0 Å². The molecule has 1 aromatic carbocycles. The summed E-state index contributed by atoms with van der Waals surface area (Å²) in [4.78, 5) is 10.5. The Morgan fingerprint density at radius 2 is 2.05 bits per heavy atom. The molecule has 0 aliphatic carbocycles. The molecule has 0 spiro atoms. The van der Waals surface area contributed by atoms with Crippen molar-refractivity contribution in [3.8, 4) is 0 Å². The first-order valence-electron chi connectivity index (χ1n) is 5.09. The van der Waals surface area contributed by atoms with E-state index in [2.05, 4.69) is 4.72 Å². The molecule has 0 bridgehead atoms. The first kappa shape index (κ1) is 15.9. The maximum atomic E-state index is 11.8. The fourth-order valence-corrected chi connectivity index (χ4v) is 2.61. The number of hydrogen-bond acceptors (Lipinski definition) is 5. The molecule has 0 heterocycles. The lowest BCUT2D eigenvalue weighted by Gasteiger charge is -2.10. The number of halogens is 1. The van der Waals surface area contributed by atoms with E-state index in [1.165, 1.54) is 0 Å². The van der Waals surface area contributed by atoms with Crippen LogP contribution in [0.3, 0.4) is 0 Å². The summed E-state index contributed by atoms with van der Waals surface area (Å²) in [6.07, 6.45) is -1.22. The maximum absolute atomic E-state index is 11.8.